The molecule has 3 heteroatoms. The van der Waals surface area contributed by atoms with Crippen LogP contribution in [0.1, 0.15) is 18.9 Å². The zero-order chi connectivity index (χ0) is 11.0. The minimum atomic E-state index is 0.157. The van der Waals surface area contributed by atoms with Crippen LogP contribution < -0.4 is 5.32 Å². The normalized spacial score (nSPS) is 23.7. The van der Waals surface area contributed by atoms with Crippen LogP contribution in [0.3, 0.4) is 0 Å². The highest BCUT2D eigenvalue weighted by atomic mass is 79.9. The Labute approximate surface area is 98.2 Å². The summed E-state index contributed by atoms with van der Waals surface area (Å²) in [5.41, 5.74) is 2.02. The van der Waals surface area contributed by atoms with Crippen LogP contribution in [0, 0.1) is 18.8 Å². The van der Waals surface area contributed by atoms with Gasteiger partial charge in [-0.3, -0.25) is 4.79 Å². The van der Waals surface area contributed by atoms with Crippen molar-refractivity contribution in [2.75, 3.05) is 5.32 Å². The van der Waals surface area contributed by atoms with Crippen molar-refractivity contribution in [2.24, 2.45) is 11.8 Å². The summed E-state index contributed by atoms with van der Waals surface area (Å²) in [4.78, 5) is 11.7. The average Bonchev–Trinajstić information content (AvgIpc) is 2.89. The molecule has 15 heavy (non-hydrogen) atoms. The summed E-state index contributed by atoms with van der Waals surface area (Å²) in [5, 5.41) is 2.94. The van der Waals surface area contributed by atoms with Gasteiger partial charge in [0.15, 0.2) is 0 Å². The van der Waals surface area contributed by atoms with E-state index in [-0.39, 0.29) is 11.8 Å². The Morgan fingerprint density at radius 2 is 2.20 bits per heavy atom. The molecule has 0 heterocycles. The number of halogens is 1. The van der Waals surface area contributed by atoms with Crippen LogP contribution in [0.5, 0.6) is 0 Å². The van der Waals surface area contributed by atoms with E-state index in [0.717, 1.165) is 22.1 Å². The monoisotopic (exact) mass is 267 g/mol. The number of amides is 1. The molecule has 0 radical (unpaired) electrons. The average molecular weight is 268 g/mol. The SMILES string of the molecule is Cc1cc(NC(=O)[C@H]2C[C@H]2C)ccc1Br. The summed E-state index contributed by atoms with van der Waals surface area (Å²) >= 11 is 3.43. The van der Waals surface area contributed by atoms with Gasteiger partial charge in [0.05, 0.1) is 0 Å². The smallest absolute Gasteiger partial charge is 0.227 e. The summed E-state index contributed by atoms with van der Waals surface area (Å²) in [6.07, 6.45) is 1.03. The summed E-state index contributed by atoms with van der Waals surface area (Å²) in [7, 11) is 0. The molecule has 80 valence electrons. The molecule has 2 rings (SSSR count). The molecule has 2 nitrogen and oxygen atoms in total. The first kappa shape index (κ1) is 10.7. The number of aryl methyl sites for hydroxylation is 1. The molecule has 0 aromatic heterocycles. The van der Waals surface area contributed by atoms with Crippen LogP contribution in [0.25, 0.3) is 0 Å². The number of anilines is 1. The fraction of sp³-hybridized carbons (Fsp3) is 0.417. The third-order valence-corrected chi connectivity index (χ3v) is 3.76. The quantitative estimate of drug-likeness (QED) is 0.875. The van der Waals surface area contributed by atoms with Gasteiger partial charge in [0.2, 0.25) is 5.91 Å². The van der Waals surface area contributed by atoms with Gasteiger partial charge in [-0.25, -0.2) is 0 Å². The zero-order valence-corrected chi connectivity index (χ0v) is 10.5. The van der Waals surface area contributed by atoms with Crippen molar-refractivity contribution in [3.63, 3.8) is 0 Å². The van der Waals surface area contributed by atoms with Crippen molar-refractivity contribution < 1.29 is 4.79 Å². The highest BCUT2D eigenvalue weighted by molar-refractivity contribution is 9.10. The van der Waals surface area contributed by atoms with E-state index in [1.165, 1.54) is 0 Å². The number of nitrogens with one attached hydrogen (secondary N) is 1. The lowest BCUT2D eigenvalue weighted by Gasteiger charge is -2.06. The van der Waals surface area contributed by atoms with Gasteiger partial charge in [0.1, 0.15) is 0 Å². The van der Waals surface area contributed by atoms with E-state index in [4.69, 9.17) is 0 Å². The molecule has 1 aliphatic rings. The van der Waals surface area contributed by atoms with E-state index in [9.17, 15) is 4.79 Å². The van der Waals surface area contributed by atoms with E-state index in [1.807, 2.05) is 25.1 Å². The number of carbonyl (C=O) groups is 1. The van der Waals surface area contributed by atoms with E-state index in [2.05, 4.69) is 28.2 Å². The van der Waals surface area contributed by atoms with Crippen molar-refractivity contribution in [2.45, 2.75) is 20.3 Å². The van der Waals surface area contributed by atoms with Gasteiger partial charge >= 0.3 is 0 Å². The molecule has 0 saturated heterocycles. The molecule has 0 unspecified atom stereocenters. The molecule has 2 atom stereocenters. The Bertz CT molecular complexity index is 403. The van der Waals surface area contributed by atoms with Crippen molar-refractivity contribution >= 4 is 27.5 Å². The zero-order valence-electron chi connectivity index (χ0n) is 8.88. The Balaban J connectivity index is 2.04. The number of carbonyl (C=O) groups excluding carboxylic acids is 1. The van der Waals surface area contributed by atoms with Crippen LogP contribution in [-0.4, -0.2) is 5.91 Å². The molecule has 1 saturated carbocycles. The Kier molecular flexibility index (Phi) is 2.83. The largest absolute Gasteiger partial charge is 0.326 e. The number of hydrogen-bond acceptors (Lipinski definition) is 1. The maximum atomic E-state index is 11.7. The van der Waals surface area contributed by atoms with Gasteiger partial charge in [0, 0.05) is 16.1 Å². The van der Waals surface area contributed by atoms with Crippen molar-refractivity contribution in [3.05, 3.63) is 28.2 Å². The van der Waals surface area contributed by atoms with Gasteiger partial charge in [0.25, 0.3) is 0 Å². The molecule has 1 aromatic rings. The maximum Gasteiger partial charge on any atom is 0.227 e. The van der Waals surface area contributed by atoms with Crippen LogP contribution in [0.2, 0.25) is 0 Å². The number of rotatable bonds is 2. The molecule has 1 aromatic carbocycles. The van der Waals surface area contributed by atoms with Crippen LogP contribution in [0.4, 0.5) is 5.69 Å². The fourth-order valence-electron chi connectivity index (χ4n) is 1.64. The first-order chi connectivity index (χ1) is 7.08. The third kappa shape index (κ3) is 2.40. The van der Waals surface area contributed by atoms with Crippen LogP contribution in [-0.2, 0) is 4.79 Å². The molecule has 1 aliphatic carbocycles. The van der Waals surface area contributed by atoms with Crippen LogP contribution >= 0.6 is 15.9 Å². The summed E-state index contributed by atoms with van der Waals surface area (Å²) in [5.74, 6) is 0.944. The molecule has 0 aliphatic heterocycles. The molecular formula is C12H14BrNO. The lowest BCUT2D eigenvalue weighted by molar-refractivity contribution is -0.117. The first-order valence-electron chi connectivity index (χ1n) is 5.15. The van der Waals surface area contributed by atoms with Crippen molar-refractivity contribution in [1.29, 1.82) is 0 Å². The van der Waals surface area contributed by atoms with E-state index < -0.39 is 0 Å². The lowest BCUT2D eigenvalue weighted by Crippen LogP contribution is -2.14. The molecule has 1 fully saturated rings. The Morgan fingerprint density at radius 3 is 2.73 bits per heavy atom. The van der Waals surface area contributed by atoms with Gasteiger partial charge < -0.3 is 5.32 Å². The topological polar surface area (TPSA) is 29.1 Å². The standard InChI is InChI=1S/C12H14BrNO/c1-7-6-10(7)12(15)14-9-3-4-11(13)8(2)5-9/h3-5,7,10H,6H2,1-2H3,(H,14,15)/t7-,10+/m1/s1. The summed E-state index contributed by atoms with van der Waals surface area (Å²) in [6.45, 7) is 4.12. The highest BCUT2D eigenvalue weighted by Gasteiger charge is 2.38. The second-order valence-corrected chi connectivity index (χ2v) is 5.13. The van der Waals surface area contributed by atoms with E-state index in [0.29, 0.717) is 5.92 Å². The van der Waals surface area contributed by atoms with Gasteiger partial charge in [-0.2, -0.15) is 0 Å². The second kappa shape index (κ2) is 3.97. The number of benzene rings is 1. The molecular weight excluding hydrogens is 254 g/mol. The summed E-state index contributed by atoms with van der Waals surface area (Å²) in [6, 6.07) is 5.86. The van der Waals surface area contributed by atoms with Crippen molar-refractivity contribution in [1.82, 2.24) is 0 Å². The van der Waals surface area contributed by atoms with Gasteiger partial charge in [-0.1, -0.05) is 22.9 Å². The Hall–Kier alpha value is -0.830. The molecule has 0 spiro atoms. The van der Waals surface area contributed by atoms with Crippen LogP contribution in [0.15, 0.2) is 22.7 Å². The Morgan fingerprint density at radius 1 is 1.53 bits per heavy atom. The maximum absolute atomic E-state index is 11.7. The first-order valence-corrected chi connectivity index (χ1v) is 5.94. The molecule has 1 N–H and O–H groups in total. The summed E-state index contributed by atoms with van der Waals surface area (Å²) < 4.78 is 1.07. The predicted molar refractivity (Wildman–Crippen MR) is 64.8 cm³/mol. The minimum absolute atomic E-state index is 0.157. The van der Waals surface area contributed by atoms with Crippen molar-refractivity contribution in [3.8, 4) is 0 Å². The molecule has 1 amide bonds. The van der Waals surface area contributed by atoms with Gasteiger partial charge in [-0.05, 0) is 43.0 Å². The second-order valence-electron chi connectivity index (χ2n) is 4.27. The molecule has 0 bridgehead atoms. The predicted octanol–water partition coefficient (Wildman–Crippen LogP) is 3.35. The fourth-order valence-corrected chi connectivity index (χ4v) is 1.89. The highest BCUT2D eigenvalue weighted by Crippen LogP contribution is 2.38. The van der Waals surface area contributed by atoms with Gasteiger partial charge in [-0.15, -0.1) is 0 Å². The third-order valence-electron chi connectivity index (χ3n) is 2.87. The number of hydrogen-bond donors (Lipinski definition) is 1. The van der Waals surface area contributed by atoms with E-state index >= 15 is 0 Å². The minimum Gasteiger partial charge on any atom is -0.326 e. The lowest BCUT2D eigenvalue weighted by atomic mass is 10.2. The van der Waals surface area contributed by atoms with E-state index in [1.54, 1.807) is 0 Å².